The first-order chi connectivity index (χ1) is 12.6. The second-order valence-electron chi connectivity index (χ2n) is 12.4. The van der Waals surface area contributed by atoms with Gasteiger partial charge in [-0.3, -0.25) is 0 Å². The molecular formula is C28H62. The Hall–Kier alpha value is 0. The van der Waals surface area contributed by atoms with E-state index in [1.165, 1.54) is 44.9 Å². The molecule has 0 N–H and O–H groups in total. The maximum Gasteiger partial charge on any atom is -0.0380 e. The molecule has 1 saturated carbocycles. The largest absolute Gasteiger partial charge is 0.0654 e. The molecule has 0 aromatic rings. The molecule has 0 aromatic carbocycles. The van der Waals surface area contributed by atoms with E-state index in [0.717, 1.165) is 35.5 Å². The molecule has 0 spiro atoms. The van der Waals surface area contributed by atoms with Crippen molar-refractivity contribution in [2.45, 2.75) is 142 Å². The van der Waals surface area contributed by atoms with Crippen LogP contribution in [-0.4, -0.2) is 0 Å². The molecule has 0 nitrogen and oxygen atoms in total. The minimum absolute atomic E-state index is 0.522. The van der Waals surface area contributed by atoms with E-state index in [4.69, 9.17) is 0 Å². The van der Waals surface area contributed by atoms with Gasteiger partial charge < -0.3 is 0 Å². The lowest BCUT2D eigenvalue weighted by Gasteiger charge is -2.19. The molecule has 0 aliphatic heterocycles. The maximum absolute atomic E-state index is 2.30. The van der Waals surface area contributed by atoms with Crippen LogP contribution in [0.4, 0.5) is 0 Å². The molecule has 28 heavy (non-hydrogen) atoms. The molecule has 1 aliphatic rings. The summed E-state index contributed by atoms with van der Waals surface area (Å²) in [7, 11) is 0. The zero-order chi connectivity index (χ0) is 22.9. The molecule has 0 atom stereocenters. The molecule has 0 bridgehead atoms. The fraction of sp³-hybridized carbons (Fsp3) is 1.00. The van der Waals surface area contributed by atoms with Crippen molar-refractivity contribution in [1.82, 2.24) is 0 Å². The summed E-state index contributed by atoms with van der Waals surface area (Å²) in [5, 5.41) is 0. The van der Waals surface area contributed by atoms with Crippen LogP contribution in [0.25, 0.3) is 0 Å². The monoisotopic (exact) mass is 398 g/mol. The van der Waals surface area contributed by atoms with Crippen LogP contribution in [0, 0.1) is 40.9 Å². The van der Waals surface area contributed by atoms with Crippen molar-refractivity contribution in [2.24, 2.45) is 40.9 Å². The Morgan fingerprint density at radius 2 is 1.07 bits per heavy atom. The average molecular weight is 399 g/mol. The summed E-state index contributed by atoms with van der Waals surface area (Å²) in [6.45, 7) is 31.8. The Labute approximate surface area is 183 Å². The van der Waals surface area contributed by atoms with Gasteiger partial charge in [0.15, 0.2) is 0 Å². The molecular weight excluding hydrogens is 336 g/mol. The summed E-state index contributed by atoms with van der Waals surface area (Å²) < 4.78 is 0. The van der Waals surface area contributed by atoms with Gasteiger partial charge in [-0.2, -0.15) is 0 Å². The molecule has 0 aromatic heterocycles. The minimum atomic E-state index is 0.522. The topological polar surface area (TPSA) is 0 Å². The van der Waals surface area contributed by atoms with Gasteiger partial charge in [-0.05, 0) is 60.2 Å². The van der Waals surface area contributed by atoms with E-state index in [9.17, 15) is 0 Å². The van der Waals surface area contributed by atoms with E-state index in [1.54, 1.807) is 0 Å². The van der Waals surface area contributed by atoms with Gasteiger partial charge in [-0.25, -0.2) is 0 Å². The highest BCUT2D eigenvalue weighted by atomic mass is 14.3. The number of hydrogen-bond acceptors (Lipinski definition) is 0. The standard InChI is InChI=1S/C8H18.C7H14.C7H16.C6H14/c1-7(2)6-8(3,4)5;1-6(2)5-7-3-4-7;1-6(2)5-7(3)4;1-4-5-6(2)3/h7H,6H2,1-5H3;6-7H,3-5H2,1-2H3;6-7H,5H2,1-4H3;6H,4-5H2,1-3H3. The highest BCUT2D eigenvalue weighted by molar-refractivity contribution is 4.73. The second-order valence-corrected chi connectivity index (χ2v) is 12.4. The molecule has 174 valence electrons. The van der Waals surface area contributed by atoms with Crippen molar-refractivity contribution in [2.75, 3.05) is 0 Å². The van der Waals surface area contributed by atoms with E-state index < -0.39 is 0 Å². The van der Waals surface area contributed by atoms with Gasteiger partial charge in [0.2, 0.25) is 0 Å². The average Bonchev–Trinajstić information content (AvgIpc) is 3.18. The number of hydrogen-bond donors (Lipinski definition) is 0. The van der Waals surface area contributed by atoms with Crippen LogP contribution in [-0.2, 0) is 0 Å². The van der Waals surface area contributed by atoms with E-state index in [-0.39, 0.29) is 0 Å². The minimum Gasteiger partial charge on any atom is -0.0654 e. The van der Waals surface area contributed by atoms with Gasteiger partial charge >= 0.3 is 0 Å². The van der Waals surface area contributed by atoms with Crippen molar-refractivity contribution in [3.63, 3.8) is 0 Å². The van der Waals surface area contributed by atoms with Gasteiger partial charge in [0.25, 0.3) is 0 Å². The van der Waals surface area contributed by atoms with Crippen molar-refractivity contribution in [3.05, 3.63) is 0 Å². The Morgan fingerprint density at radius 3 is 1.11 bits per heavy atom. The first-order valence-corrected chi connectivity index (χ1v) is 12.6. The fourth-order valence-electron chi connectivity index (χ4n) is 3.77. The highest BCUT2D eigenvalue weighted by Gasteiger charge is 2.21. The maximum atomic E-state index is 2.30. The van der Waals surface area contributed by atoms with Crippen molar-refractivity contribution in [1.29, 1.82) is 0 Å². The third kappa shape index (κ3) is 45.0. The Balaban J connectivity index is -0.000000299. The molecule has 0 radical (unpaired) electrons. The molecule has 0 heteroatoms. The van der Waals surface area contributed by atoms with Crippen molar-refractivity contribution >= 4 is 0 Å². The quantitative estimate of drug-likeness (QED) is 0.400. The van der Waals surface area contributed by atoms with Crippen molar-refractivity contribution in [3.8, 4) is 0 Å². The van der Waals surface area contributed by atoms with E-state index in [0.29, 0.717) is 5.41 Å². The number of rotatable bonds is 7. The molecule has 0 amide bonds. The zero-order valence-electron chi connectivity index (χ0n) is 22.9. The third-order valence-electron chi connectivity index (χ3n) is 4.33. The van der Waals surface area contributed by atoms with Gasteiger partial charge in [-0.1, -0.05) is 123 Å². The zero-order valence-corrected chi connectivity index (χ0v) is 22.9. The van der Waals surface area contributed by atoms with Gasteiger partial charge in [0, 0.05) is 0 Å². The first-order valence-electron chi connectivity index (χ1n) is 12.6. The summed E-state index contributed by atoms with van der Waals surface area (Å²) in [4.78, 5) is 0. The predicted octanol–water partition coefficient (Wildman–Crippen LogP) is 10.7. The summed E-state index contributed by atoms with van der Waals surface area (Å²) in [5.41, 5.74) is 0.522. The van der Waals surface area contributed by atoms with Crippen LogP contribution in [0.3, 0.4) is 0 Å². The normalized spacial score (nSPS) is 13.8. The predicted molar refractivity (Wildman–Crippen MR) is 135 cm³/mol. The van der Waals surface area contributed by atoms with Crippen LogP contribution in [0.1, 0.15) is 142 Å². The van der Waals surface area contributed by atoms with E-state index in [1.807, 2.05) is 0 Å². The lowest BCUT2D eigenvalue weighted by Crippen LogP contribution is -2.08. The molecule has 0 unspecified atom stereocenters. The third-order valence-corrected chi connectivity index (χ3v) is 4.33. The van der Waals surface area contributed by atoms with Crippen LogP contribution in [0.2, 0.25) is 0 Å². The Kier molecular flexibility index (Phi) is 22.2. The molecule has 1 aliphatic carbocycles. The lowest BCUT2D eigenvalue weighted by atomic mass is 9.86. The summed E-state index contributed by atoms with van der Waals surface area (Å²) >= 11 is 0. The summed E-state index contributed by atoms with van der Waals surface area (Å²) in [5.74, 6) is 5.55. The molecule has 0 heterocycles. The molecule has 1 fully saturated rings. The Morgan fingerprint density at radius 1 is 0.643 bits per heavy atom. The summed E-state index contributed by atoms with van der Waals surface area (Å²) in [6.07, 6.45) is 9.89. The molecule has 1 rings (SSSR count). The fourth-order valence-corrected chi connectivity index (χ4v) is 3.77. The first kappa shape index (κ1) is 32.7. The van der Waals surface area contributed by atoms with E-state index in [2.05, 4.69) is 96.9 Å². The second kappa shape index (κ2) is 19.0. The lowest BCUT2D eigenvalue weighted by molar-refractivity contribution is 0.320. The van der Waals surface area contributed by atoms with Crippen LogP contribution in [0.15, 0.2) is 0 Å². The molecule has 0 saturated heterocycles. The smallest absolute Gasteiger partial charge is 0.0380 e. The van der Waals surface area contributed by atoms with Gasteiger partial charge in [-0.15, -0.1) is 0 Å². The summed E-state index contributed by atoms with van der Waals surface area (Å²) in [6, 6.07) is 0. The van der Waals surface area contributed by atoms with Gasteiger partial charge in [0.05, 0.1) is 0 Å². The Bertz CT molecular complexity index is 267. The van der Waals surface area contributed by atoms with Crippen LogP contribution in [0.5, 0.6) is 0 Å². The van der Waals surface area contributed by atoms with E-state index >= 15 is 0 Å². The van der Waals surface area contributed by atoms with Crippen LogP contribution < -0.4 is 0 Å². The highest BCUT2D eigenvalue weighted by Crippen LogP contribution is 2.34. The van der Waals surface area contributed by atoms with Crippen LogP contribution >= 0.6 is 0 Å². The van der Waals surface area contributed by atoms with Gasteiger partial charge in [0.1, 0.15) is 0 Å². The SMILES string of the molecule is CC(C)CC(C)(C)C.CC(C)CC(C)C.CC(C)CC1CC1.CCCC(C)C. The van der Waals surface area contributed by atoms with Crippen molar-refractivity contribution < 1.29 is 0 Å².